The second kappa shape index (κ2) is 6.04. The Bertz CT molecular complexity index is 427. The average molecular weight is 274 g/mol. The molecule has 0 saturated heterocycles. The molecule has 6 heteroatoms. The molecule has 4 N–H and O–H groups in total. The van der Waals surface area contributed by atoms with Gasteiger partial charge in [0.1, 0.15) is 6.10 Å². The number of halogens is 1. The Hall–Kier alpha value is -1.30. The number of rotatable bonds is 4. The fourth-order valence-corrected chi connectivity index (χ4v) is 1.77. The summed E-state index contributed by atoms with van der Waals surface area (Å²) in [5.41, 5.74) is 7.04. The minimum atomic E-state index is -1.65. The van der Waals surface area contributed by atoms with E-state index in [0.717, 1.165) is 0 Å². The summed E-state index contributed by atoms with van der Waals surface area (Å²) in [5, 5.41) is 19.8. The van der Waals surface area contributed by atoms with E-state index in [9.17, 15) is 15.0 Å². The summed E-state index contributed by atoms with van der Waals surface area (Å²) in [6, 6.07) is 2.98. The van der Waals surface area contributed by atoms with Crippen LogP contribution in [0.15, 0.2) is 12.1 Å². The molecule has 0 bridgehead atoms. The standard InChI is InChI=1S/C12H16ClNO4/c1-3-18-12(17)11(16)10(15)7-4-6(2)9(14)8(13)5-7/h4-5,10-11,15-16H,3,14H2,1-2H3. The number of aryl methyl sites for hydroxylation is 1. The van der Waals surface area contributed by atoms with Crippen molar-refractivity contribution in [3.8, 4) is 0 Å². The first kappa shape index (κ1) is 14.8. The Morgan fingerprint density at radius 3 is 2.61 bits per heavy atom. The van der Waals surface area contributed by atoms with Gasteiger partial charge in [0.25, 0.3) is 0 Å². The number of aliphatic hydroxyl groups is 2. The molecule has 100 valence electrons. The SMILES string of the molecule is CCOC(=O)C(O)C(O)c1cc(C)c(N)c(Cl)c1. The molecule has 5 nitrogen and oxygen atoms in total. The van der Waals surface area contributed by atoms with Crippen LogP contribution in [0.4, 0.5) is 5.69 Å². The fourth-order valence-electron chi connectivity index (χ4n) is 1.49. The zero-order valence-electron chi connectivity index (χ0n) is 10.2. The topological polar surface area (TPSA) is 92.8 Å². The van der Waals surface area contributed by atoms with Gasteiger partial charge < -0.3 is 20.7 Å². The molecule has 1 rings (SSSR count). The third kappa shape index (κ3) is 3.13. The van der Waals surface area contributed by atoms with E-state index >= 15 is 0 Å². The van der Waals surface area contributed by atoms with Crippen LogP contribution >= 0.6 is 11.6 Å². The third-order valence-electron chi connectivity index (χ3n) is 2.53. The normalized spacial score (nSPS) is 14.1. The molecular formula is C12H16ClNO4. The Balaban J connectivity index is 2.97. The minimum absolute atomic E-state index is 0.129. The van der Waals surface area contributed by atoms with E-state index in [-0.39, 0.29) is 11.6 Å². The van der Waals surface area contributed by atoms with E-state index in [1.54, 1.807) is 19.9 Å². The van der Waals surface area contributed by atoms with E-state index in [2.05, 4.69) is 4.74 Å². The Labute approximate surface area is 110 Å². The molecule has 0 aliphatic rings. The quantitative estimate of drug-likeness (QED) is 0.566. The number of hydrogen-bond acceptors (Lipinski definition) is 5. The molecule has 0 spiro atoms. The van der Waals surface area contributed by atoms with Crippen LogP contribution in [0.5, 0.6) is 0 Å². The number of carbonyl (C=O) groups is 1. The lowest BCUT2D eigenvalue weighted by molar-refractivity contribution is -0.159. The number of anilines is 1. The number of esters is 1. The number of hydrogen-bond donors (Lipinski definition) is 3. The lowest BCUT2D eigenvalue weighted by Crippen LogP contribution is -2.30. The van der Waals surface area contributed by atoms with Crippen LogP contribution in [0.3, 0.4) is 0 Å². The first-order chi connectivity index (χ1) is 8.38. The van der Waals surface area contributed by atoms with Crippen LogP contribution in [0.2, 0.25) is 5.02 Å². The fraction of sp³-hybridized carbons (Fsp3) is 0.417. The molecule has 2 unspecified atom stereocenters. The number of ether oxygens (including phenoxy) is 1. The second-order valence-electron chi connectivity index (χ2n) is 3.88. The van der Waals surface area contributed by atoms with Gasteiger partial charge in [-0.2, -0.15) is 0 Å². The van der Waals surface area contributed by atoms with Gasteiger partial charge in [-0.3, -0.25) is 0 Å². The third-order valence-corrected chi connectivity index (χ3v) is 2.84. The van der Waals surface area contributed by atoms with Gasteiger partial charge in [-0.25, -0.2) is 4.79 Å². The van der Waals surface area contributed by atoms with Crippen LogP contribution in [0.1, 0.15) is 24.2 Å². The van der Waals surface area contributed by atoms with E-state index in [4.69, 9.17) is 17.3 Å². The molecule has 0 fully saturated rings. The van der Waals surface area contributed by atoms with Crippen molar-refractivity contribution in [2.24, 2.45) is 0 Å². The lowest BCUT2D eigenvalue weighted by Gasteiger charge is -2.18. The van der Waals surface area contributed by atoms with Crippen LogP contribution in [0, 0.1) is 6.92 Å². The van der Waals surface area contributed by atoms with Gasteiger partial charge in [0, 0.05) is 0 Å². The Morgan fingerprint density at radius 1 is 1.50 bits per heavy atom. The summed E-state index contributed by atoms with van der Waals surface area (Å²) in [7, 11) is 0. The molecule has 0 radical (unpaired) electrons. The molecule has 1 aromatic rings. The minimum Gasteiger partial charge on any atom is -0.464 e. The molecule has 18 heavy (non-hydrogen) atoms. The Morgan fingerprint density at radius 2 is 2.11 bits per heavy atom. The highest BCUT2D eigenvalue weighted by Crippen LogP contribution is 2.28. The summed E-state index contributed by atoms with van der Waals surface area (Å²) in [4.78, 5) is 11.3. The van der Waals surface area contributed by atoms with Gasteiger partial charge in [0.2, 0.25) is 0 Å². The number of carbonyl (C=O) groups excluding carboxylic acids is 1. The van der Waals surface area contributed by atoms with Gasteiger partial charge in [-0.1, -0.05) is 17.7 Å². The first-order valence-corrected chi connectivity index (χ1v) is 5.84. The molecule has 1 aromatic carbocycles. The van der Waals surface area contributed by atoms with Crippen LogP contribution in [-0.4, -0.2) is 28.9 Å². The molecule has 0 aliphatic heterocycles. The van der Waals surface area contributed by atoms with Crippen molar-refractivity contribution < 1.29 is 19.7 Å². The van der Waals surface area contributed by atoms with Crippen molar-refractivity contribution in [2.45, 2.75) is 26.1 Å². The molecule has 0 amide bonds. The van der Waals surface area contributed by atoms with E-state index < -0.39 is 18.2 Å². The maximum Gasteiger partial charge on any atom is 0.338 e. The summed E-state index contributed by atoms with van der Waals surface area (Å²) in [6.45, 7) is 3.46. The van der Waals surface area contributed by atoms with Crippen molar-refractivity contribution in [1.82, 2.24) is 0 Å². The highest BCUT2D eigenvalue weighted by molar-refractivity contribution is 6.33. The van der Waals surface area contributed by atoms with Crippen molar-refractivity contribution >= 4 is 23.3 Å². The molecule has 0 aliphatic carbocycles. The summed E-state index contributed by atoms with van der Waals surface area (Å²) < 4.78 is 4.62. The molecular weight excluding hydrogens is 258 g/mol. The van der Waals surface area contributed by atoms with Gasteiger partial charge in [0.15, 0.2) is 6.10 Å². The first-order valence-electron chi connectivity index (χ1n) is 5.46. The zero-order valence-corrected chi connectivity index (χ0v) is 10.9. The van der Waals surface area contributed by atoms with Crippen LogP contribution < -0.4 is 5.73 Å². The van der Waals surface area contributed by atoms with Gasteiger partial charge in [-0.05, 0) is 31.0 Å². The molecule has 0 aromatic heterocycles. The van der Waals surface area contributed by atoms with Crippen molar-refractivity contribution in [3.05, 3.63) is 28.3 Å². The van der Waals surface area contributed by atoms with E-state index in [1.807, 2.05) is 0 Å². The molecule has 0 heterocycles. The van der Waals surface area contributed by atoms with Crippen molar-refractivity contribution in [2.75, 3.05) is 12.3 Å². The van der Waals surface area contributed by atoms with E-state index in [0.29, 0.717) is 16.8 Å². The van der Waals surface area contributed by atoms with E-state index in [1.165, 1.54) is 6.07 Å². The van der Waals surface area contributed by atoms with Gasteiger partial charge in [0.05, 0.1) is 17.3 Å². The smallest absolute Gasteiger partial charge is 0.338 e. The lowest BCUT2D eigenvalue weighted by atomic mass is 10.0. The summed E-state index contributed by atoms with van der Waals surface area (Å²) in [5.74, 6) is -0.879. The highest BCUT2D eigenvalue weighted by Gasteiger charge is 2.27. The van der Waals surface area contributed by atoms with Gasteiger partial charge in [-0.15, -0.1) is 0 Å². The Kier molecular flexibility index (Phi) is 4.95. The monoisotopic (exact) mass is 273 g/mol. The van der Waals surface area contributed by atoms with Crippen molar-refractivity contribution in [1.29, 1.82) is 0 Å². The van der Waals surface area contributed by atoms with Crippen molar-refractivity contribution in [3.63, 3.8) is 0 Å². The summed E-state index contributed by atoms with van der Waals surface area (Å²) >= 11 is 5.87. The van der Waals surface area contributed by atoms with Crippen LogP contribution in [0.25, 0.3) is 0 Å². The van der Waals surface area contributed by atoms with Crippen LogP contribution in [-0.2, 0) is 9.53 Å². The summed E-state index contributed by atoms with van der Waals surface area (Å²) in [6.07, 6.45) is -3.05. The average Bonchev–Trinajstić information content (AvgIpc) is 2.33. The largest absolute Gasteiger partial charge is 0.464 e. The number of benzene rings is 1. The maximum atomic E-state index is 11.3. The predicted octanol–water partition coefficient (Wildman–Crippen LogP) is 1.19. The zero-order chi connectivity index (χ0) is 13.9. The molecule has 0 saturated carbocycles. The number of aliphatic hydroxyl groups excluding tert-OH is 2. The number of nitrogens with two attached hydrogens (primary N) is 1. The predicted molar refractivity (Wildman–Crippen MR) is 68.2 cm³/mol. The highest BCUT2D eigenvalue weighted by atomic mass is 35.5. The molecule has 2 atom stereocenters. The maximum absolute atomic E-state index is 11.3. The van der Waals surface area contributed by atoms with Gasteiger partial charge >= 0.3 is 5.97 Å². The number of nitrogen functional groups attached to an aromatic ring is 1. The second-order valence-corrected chi connectivity index (χ2v) is 4.28.